The van der Waals surface area contributed by atoms with Crippen molar-refractivity contribution in [2.45, 2.75) is 6.04 Å². The third-order valence-electron chi connectivity index (χ3n) is 5.91. The van der Waals surface area contributed by atoms with E-state index >= 15 is 0 Å². The normalized spacial score (nSPS) is 20.9. The van der Waals surface area contributed by atoms with Gasteiger partial charge in [-0.15, -0.1) is 0 Å². The Morgan fingerprint density at radius 1 is 1.09 bits per heavy atom. The summed E-state index contributed by atoms with van der Waals surface area (Å²) in [5.74, 6) is -1.23. The SMILES string of the molecule is COc1ccc(/C(O)=C2\C(=O)C(=O)N(CCN3CCOCC3)[C@@H]2c2ccc(Cl)cc2)cc1Cl. The summed E-state index contributed by atoms with van der Waals surface area (Å²) in [5.41, 5.74) is 1.03. The number of ether oxygens (including phenoxy) is 2. The van der Waals surface area contributed by atoms with Crippen molar-refractivity contribution in [3.63, 3.8) is 0 Å². The second kappa shape index (κ2) is 10.1. The third kappa shape index (κ3) is 4.87. The number of methoxy groups -OCH3 is 1. The molecule has 1 atom stereocenters. The number of amides is 1. The van der Waals surface area contributed by atoms with Crippen molar-refractivity contribution in [3.8, 4) is 5.75 Å². The molecule has 0 unspecified atom stereocenters. The van der Waals surface area contributed by atoms with Crippen LogP contribution in [0.3, 0.4) is 0 Å². The van der Waals surface area contributed by atoms with E-state index in [1.165, 1.54) is 18.1 Å². The molecule has 174 valence electrons. The summed E-state index contributed by atoms with van der Waals surface area (Å²) >= 11 is 12.3. The highest BCUT2D eigenvalue weighted by molar-refractivity contribution is 6.46. The van der Waals surface area contributed by atoms with Gasteiger partial charge in [0, 0.05) is 36.8 Å². The predicted molar refractivity (Wildman–Crippen MR) is 126 cm³/mol. The van der Waals surface area contributed by atoms with E-state index < -0.39 is 17.7 Å². The fraction of sp³-hybridized carbons (Fsp3) is 0.333. The number of likely N-dealkylation sites (tertiary alicyclic amines) is 1. The molecular weight excluding hydrogens is 467 g/mol. The molecule has 2 aliphatic heterocycles. The van der Waals surface area contributed by atoms with Gasteiger partial charge in [0.15, 0.2) is 0 Å². The number of benzene rings is 2. The van der Waals surface area contributed by atoms with Gasteiger partial charge in [-0.25, -0.2) is 0 Å². The average molecular weight is 491 g/mol. The van der Waals surface area contributed by atoms with Gasteiger partial charge in [-0.1, -0.05) is 35.3 Å². The number of Topliss-reactive ketones (excluding diaryl/α,β-unsaturated/α-hetero) is 1. The first-order valence-electron chi connectivity index (χ1n) is 10.6. The number of halogens is 2. The molecule has 0 radical (unpaired) electrons. The molecule has 2 fully saturated rings. The maximum atomic E-state index is 13.1. The third-order valence-corrected chi connectivity index (χ3v) is 6.46. The van der Waals surface area contributed by atoms with Gasteiger partial charge in [0.05, 0.1) is 37.0 Å². The average Bonchev–Trinajstić information content (AvgIpc) is 3.08. The van der Waals surface area contributed by atoms with Crippen LogP contribution in [0.5, 0.6) is 5.75 Å². The lowest BCUT2D eigenvalue weighted by atomic mass is 9.95. The lowest BCUT2D eigenvalue weighted by Crippen LogP contribution is -2.42. The van der Waals surface area contributed by atoms with Gasteiger partial charge >= 0.3 is 0 Å². The Morgan fingerprint density at radius 2 is 1.79 bits per heavy atom. The van der Waals surface area contributed by atoms with Crippen molar-refractivity contribution < 1.29 is 24.2 Å². The van der Waals surface area contributed by atoms with Crippen LogP contribution in [-0.4, -0.2) is 73.1 Å². The van der Waals surface area contributed by atoms with Gasteiger partial charge in [0.25, 0.3) is 11.7 Å². The van der Waals surface area contributed by atoms with Gasteiger partial charge < -0.3 is 19.5 Å². The van der Waals surface area contributed by atoms with E-state index in [0.29, 0.717) is 48.2 Å². The summed E-state index contributed by atoms with van der Waals surface area (Å²) in [6, 6.07) is 10.9. The number of carbonyl (C=O) groups excluding carboxylic acids is 2. The van der Waals surface area contributed by atoms with Crippen LogP contribution in [0, 0.1) is 0 Å². The smallest absolute Gasteiger partial charge is 0.295 e. The molecule has 2 aromatic carbocycles. The number of nitrogens with zero attached hydrogens (tertiary/aromatic N) is 2. The van der Waals surface area contributed by atoms with E-state index in [9.17, 15) is 14.7 Å². The standard InChI is InChI=1S/C24H24Cl2N2O5/c1-32-19-7-4-16(14-18(19)26)22(29)20-21(15-2-5-17(25)6-3-15)28(24(31)23(20)30)9-8-27-10-12-33-13-11-27/h2-7,14,21,29H,8-13H2,1H3/b22-20+/t21-/m1/s1. The Balaban J connectivity index is 1.74. The fourth-order valence-electron chi connectivity index (χ4n) is 4.15. The zero-order valence-electron chi connectivity index (χ0n) is 18.1. The molecule has 0 saturated carbocycles. The highest BCUT2D eigenvalue weighted by Gasteiger charge is 2.46. The summed E-state index contributed by atoms with van der Waals surface area (Å²) in [4.78, 5) is 29.9. The Kier molecular flexibility index (Phi) is 7.24. The minimum atomic E-state index is -0.746. The molecule has 7 nitrogen and oxygen atoms in total. The summed E-state index contributed by atoms with van der Waals surface area (Å²) in [6.07, 6.45) is 0. The summed E-state index contributed by atoms with van der Waals surface area (Å²) in [7, 11) is 1.49. The molecule has 4 rings (SSSR count). The number of aliphatic hydroxyl groups excluding tert-OH is 1. The summed E-state index contributed by atoms with van der Waals surface area (Å²) in [5, 5.41) is 12.0. The molecule has 0 aliphatic carbocycles. The van der Waals surface area contributed by atoms with Crippen molar-refractivity contribution in [3.05, 3.63) is 69.2 Å². The monoisotopic (exact) mass is 490 g/mol. The molecular formula is C24H24Cl2N2O5. The molecule has 0 aromatic heterocycles. The molecule has 1 N–H and O–H groups in total. The van der Waals surface area contributed by atoms with Crippen molar-refractivity contribution >= 4 is 40.7 Å². The topological polar surface area (TPSA) is 79.3 Å². The molecule has 2 heterocycles. The fourth-order valence-corrected chi connectivity index (χ4v) is 4.53. The van der Waals surface area contributed by atoms with Crippen LogP contribution in [0.15, 0.2) is 48.0 Å². The highest BCUT2D eigenvalue weighted by atomic mass is 35.5. The number of carbonyl (C=O) groups is 2. The van der Waals surface area contributed by atoms with Crippen LogP contribution in [0.4, 0.5) is 0 Å². The molecule has 0 bridgehead atoms. The van der Waals surface area contributed by atoms with Gasteiger partial charge in [0.1, 0.15) is 11.5 Å². The van der Waals surface area contributed by atoms with E-state index in [2.05, 4.69) is 4.90 Å². The predicted octanol–water partition coefficient (Wildman–Crippen LogP) is 3.76. The zero-order chi connectivity index (χ0) is 23.5. The van der Waals surface area contributed by atoms with Gasteiger partial charge in [0.2, 0.25) is 0 Å². The van der Waals surface area contributed by atoms with Crippen molar-refractivity contribution in [2.75, 3.05) is 46.5 Å². The second-order valence-corrected chi connectivity index (χ2v) is 8.69. The van der Waals surface area contributed by atoms with Crippen LogP contribution >= 0.6 is 23.2 Å². The lowest BCUT2D eigenvalue weighted by Gasteiger charge is -2.31. The summed E-state index contributed by atoms with van der Waals surface area (Å²) in [6.45, 7) is 3.72. The second-order valence-electron chi connectivity index (χ2n) is 7.85. The minimum absolute atomic E-state index is 0.0190. The Hall–Kier alpha value is -2.58. The quantitative estimate of drug-likeness (QED) is 0.377. The van der Waals surface area contributed by atoms with E-state index in [1.807, 2.05) is 0 Å². The largest absolute Gasteiger partial charge is 0.507 e. The van der Waals surface area contributed by atoms with Crippen LogP contribution in [0.2, 0.25) is 10.0 Å². The first kappa shape index (κ1) is 23.6. The van der Waals surface area contributed by atoms with E-state index in [0.717, 1.165) is 13.1 Å². The molecule has 33 heavy (non-hydrogen) atoms. The Bertz CT molecular complexity index is 1080. The van der Waals surface area contributed by atoms with Crippen LogP contribution in [0.1, 0.15) is 17.2 Å². The van der Waals surface area contributed by atoms with E-state index in [-0.39, 0.29) is 16.4 Å². The van der Waals surface area contributed by atoms with Gasteiger partial charge in [-0.3, -0.25) is 14.5 Å². The van der Waals surface area contributed by atoms with Gasteiger partial charge in [-0.05, 0) is 35.9 Å². The van der Waals surface area contributed by atoms with Gasteiger partial charge in [-0.2, -0.15) is 0 Å². The number of hydrogen-bond donors (Lipinski definition) is 1. The zero-order valence-corrected chi connectivity index (χ0v) is 19.6. The maximum absolute atomic E-state index is 13.1. The molecule has 0 spiro atoms. The van der Waals surface area contributed by atoms with Crippen molar-refractivity contribution in [1.82, 2.24) is 9.80 Å². The number of rotatable bonds is 6. The van der Waals surface area contributed by atoms with Crippen LogP contribution in [-0.2, 0) is 14.3 Å². The highest BCUT2D eigenvalue weighted by Crippen LogP contribution is 2.40. The van der Waals surface area contributed by atoms with E-state index in [4.69, 9.17) is 32.7 Å². The van der Waals surface area contributed by atoms with Crippen molar-refractivity contribution in [1.29, 1.82) is 0 Å². The molecule has 2 saturated heterocycles. The molecule has 2 aliphatic rings. The number of ketones is 1. The Labute approximate surface area is 202 Å². The summed E-state index contributed by atoms with van der Waals surface area (Å²) < 4.78 is 10.6. The number of morpholine rings is 1. The first-order chi connectivity index (χ1) is 15.9. The Morgan fingerprint density at radius 3 is 2.42 bits per heavy atom. The van der Waals surface area contributed by atoms with Crippen LogP contribution in [0.25, 0.3) is 5.76 Å². The van der Waals surface area contributed by atoms with E-state index in [1.54, 1.807) is 36.4 Å². The molecule has 1 amide bonds. The molecule has 2 aromatic rings. The first-order valence-corrected chi connectivity index (χ1v) is 11.3. The minimum Gasteiger partial charge on any atom is -0.507 e. The van der Waals surface area contributed by atoms with Crippen LogP contribution < -0.4 is 4.74 Å². The van der Waals surface area contributed by atoms with Crippen molar-refractivity contribution in [2.24, 2.45) is 0 Å². The number of aliphatic hydroxyl groups is 1. The molecule has 9 heteroatoms. The lowest BCUT2D eigenvalue weighted by molar-refractivity contribution is -0.140. The maximum Gasteiger partial charge on any atom is 0.295 e. The number of hydrogen-bond acceptors (Lipinski definition) is 6.